The molecule has 3 rings (SSSR count). The van der Waals surface area contributed by atoms with E-state index in [0.29, 0.717) is 17.9 Å². The Hall–Kier alpha value is -2.87. The molecular formula is C19H20N4O3S. The number of nitro groups is 1. The highest BCUT2D eigenvalue weighted by atomic mass is 32.2. The van der Waals surface area contributed by atoms with E-state index in [4.69, 9.17) is 4.74 Å². The van der Waals surface area contributed by atoms with Gasteiger partial charge in [-0.25, -0.2) is 0 Å². The van der Waals surface area contributed by atoms with Crippen LogP contribution in [-0.4, -0.2) is 26.8 Å². The Morgan fingerprint density at radius 1 is 1.19 bits per heavy atom. The molecule has 0 aliphatic carbocycles. The molecule has 0 radical (unpaired) electrons. The van der Waals surface area contributed by atoms with Crippen LogP contribution >= 0.6 is 11.8 Å². The molecule has 0 bridgehead atoms. The van der Waals surface area contributed by atoms with Gasteiger partial charge in [0.1, 0.15) is 5.75 Å². The van der Waals surface area contributed by atoms with Crippen LogP contribution < -0.4 is 4.74 Å². The van der Waals surface area contributed by atoms with Gasteiger partial charge in [-0.05, 0) is 31.5 Å². The van der Waals surface area contributed by atoms with Gasteiger partial charge in [0.25, 0.3) is 5.69 Å². The summed E-state index contributed by atoms with van der Waals surface area (Å²) in [6.07, 6.45) is 0. The van der Waals surface area contributed by atoms with Crippen molar-refractivity contribution in [1.29, 1.82) is 0 Å². The van der Waals surface area contributed by atoms with Crippen LogP contribution in [0.1, 0.15) is 18.1 Å². The van der Waals surface area contributed by atoms with Gasteiger partial charge < -0.3 is 9.30 Å². The van der Waals surface area contributed by atoms with Gasteiger partial charge in [-0.1, -0.05) is 36.0 Å². The van der Waals surface area contributed by atoms with Gasteiger partial charge in [0.2, 0.25) is 0 Å². The first-order valence-electron chi connectivity index (χ1n) is 8.49. The molecule has 0 amide bonds. The summed E-state index contributed by atoms with van der Waals surface area (Å²) in [5, 5.41) is 20.6. The number of nitrogens with zero attached hydrogens (tertiary/aromatic N) is 4. The Labute approximate surface area is 161 Å². The largest absolute Gasteiger partial charge is 0.496 e. The van der Waals surface area contributed by atoms with Gasteiger partial charge in [0.15, 0.2) is 11.0 Å². The third-order valence-corrected chi connectivity index (χ3v) is 5.37. The minimum atomic E-state index is -0.349. The zero-order valence-electron chi connectivity index (χ0n) is 15.4. The lowest BCUT2D eigenvalue weighted by Gasteiger charge is -2.10. The number of nitro benzene ring substituents is 1. The Morgan fingerprint density at radius 2 is 1.96 bits per heavy atom. The molecule has 2 aromatic carbocycles. The van der Waals surface area contributed by atoms with E-state index in [9.17, 15) is 10.1 Å². The van der Waals surface area contributed by atoms with E-state index in [1.165, 1.54) is 17.8 Å². The maximum Gasteiger partial charge on any atom is 0.272 e. The van der Waals surface area contributed by atoms with Crippen LogP contribution in [0.4, 0.5) is 5.69 Å². The number of rotatable bonds is 7. The Balaban J connectivity index is 1.89. The molecule has 0 N–H and O–H groups in total. The lowest BCUT2D eigenvalue weighted by molar-refractivity contribution is -0.385. The predicted molar refractivity (Wildman–Crippen MR) is 105 cm³/mol. The van der Waals surface area contributed by atoms with Crippen LogP contribution in [0.5, 0.6) is 5.75 Å². The molecule has 1 aromatic heterocycles. The summed E-state index contributed by atoms with van der Waals surface area (Å²) in [6, 6.07) is 12.8. The van der Waals surface area contributed by atoms with Crippen molar-refractivity contribution in [2.24, 2.45) is 0 Å². The quantitative estimate of drug-likeness (QED) is 0.339. The molecule has 0 aliphatic heterocycles. The molecule has 7 nitrogen and oxygen atoms in total. The van der Waals surface area contributed by atoms with Crippen molar-refractivity contribution in [3.05, 3.63) is 63.7 Å². The van der Waals surface area contributed by atoms with Crippen molar-refractivity contribution < 1.29 is 9.66 Å². The fourth-order valence-corrected chi connectivity index (χ4v) is 3.94. The Morgan fingerprint density at radius 3 is 2.67 bits per heavy atom. The first-order valence-corrected chi connectivity index (χ1v) is 9.47. The smallest absolute Gasteiger partial charge is 0.272 e. The van der Waals surface area contributed by atoms with Crippen LogP contribution in [0, 0.1) is 17.0 Å². The van der Waals surface area contributed by atoms with Crippen molar-refractivity contribution in [3.8, 4) is 17.1 Å². The van der Waals surface area contributed by atoms with Gasteiger partial charge >= 0.3 is 0 Å². The van der Waals surface area contributed by atoms with Crippen molar-refractivity contribution in [1.82, 2.24) is 14.8 Å². The number of para-hydroxylation sites is 1. The maximum absolute atomic E-state index is 11.1. The Bertz CT molecular complexity index is 971. The fourth-order valence-electron chi connectivity index (χ4n) is 2.88. The summed E-state index contributed by atoms with van der Waals surface area (Å²) < 4.78 is 7.46. The second-order valence-corrected chi connectivity index (χ2v) is 6.80. The minimum Gasteiger partial charge on any atom is -0.496 e. The second-order valence-electron chi connectivity index (χ2n) is 5.86. The number of methoxy groups -OCH3 is 1. The molecule has 0 saturated carbocycles. The Kier molecular flexibility index (Phi) is 5.75. The van der Waals surface area contributed by atoms with Crippen LogP contribution in [0.15, 0.2) is 47.6 Å². The molecule has 0 saturated heterocycles. The van der Waals surface area contributed by atoms with Crippen LogP contribution in [0.25, 0.3) is 11.4 Å². The van der Waals surface area contributed by atoms with Crippen molar-refractivity contribution in [2.75, 3.05) is 7.11 Å². The van der Waals surface area contributed by atoms with Gasteiger partial charge in [0, 0.05) is 23.9 Å². The van der Waals surface area contributed by atoms with Crippen molar-refractivity contribution in [3.63, 3.8) is 0 Å². The molecule has 0 atom stereocenters. The zero-order chi connectivity index (χ0) is 19.4. The summed E-state index contributed by atoms with van der Waals surface area (Å²) >= 11 is 1.51. The molecule has 140 valence electrons. The molecule has 1 heterocycles. The fraction of sp³-hybridized carbons (Fsp3) is 0.263. The number of hydrogen-bond donors (Lipinski definition) is 0. The highest BCUT2D eigenvalue weighted by molar-refractivity contribution is 7.98. The lowest BCUT2D eigenvalue weighted by atomic mass is 10.1. The SMILES string of the molecule is CCn1c(SCc2cccc([N+](=O)[O-])c2C)nnc1-c1ccccc1OC. The monoisotopic (exact) mass is 384 g/mol. The van der Waals surface area contributed by atoms with Crippen LogP contribution in [0.2, 0.25) is 0 Å². The number of thioether (sulfide) groups is 1. The first kappa shape index (κ1) is 18.9. The third kappa shape index (κ3) is 3.80. The standard InChI is InChI=1S/C19H20N4O3S/c1-4-22-18(15-9-5-6-11-17(15)26-3)20-21-19(22)27-12-14-8-7-10-16(13(14)2)23(24)25/h5-11H,4,12H2,1-3H3. The number of hydrogen-bond acceptors (Lipinski definition) is 6. The van der Waals surface area contributed by atoms with Crippen molar-refractivity contribution in [2.45, 2.75) is 31.3 Å². The van der Waals surface area contributed by atoms with E-state index in [0.717, 1.165) is 27.9 Å². The van der Waals surface area contributed by atoms with E-state index in [-0.39, 0.29) is 10.6 Å². The molecule has 27 heavy (non-hydrogen) atoms. The van der Waals surface area contributed by atoms with E-state index < -0.39 is 0 Å². The first-order chi connectivity index (χ1) is 13.1. The average Bonchev–Trinajstić information content (AvgIpc) is 3.09. The number of benzene rings is 2. The highest BCUT2D eigenvalue weighted by Crippen LogP contribution is 2.32. The summed E-state index contributed by atoms with van der Waals surface area (Å²) in [5.74, 6) is 2.07. The zero-order valence-corrected chi connectivity index (χ0v) is 16.2. The van der Waals surface area contributed by atoms with E-state index in [1.807, 2.05) is 41.8 Å². The van der Waals surface area contributed by atoms with Gasteiger partial charge in [-0.15, -0.1) is 10.2 Å². The van der Waals surface area contributed by atoms with Gasteiger partial charge in [-0.2, -0.15) is 0 Å². The number of ether oxygens (including phenoxy) is 1. The topological polar surface area (TPSA) is 83.1 Å². The molecule has 8 heteroatoms. The van der Waals surface area contributed by atoms with Gasteiger partial charge in [-0.3, -0.25) is 10.1 Å². The summed E-state index contributed by atoms with van der Waals surface area (Å²) in [4.78, 5) is 10.8. The molecule has 0 aliphatic rings. The molecule has 0 fully saturated rings. The summed E-state index contributed by atoms with van der Waals surface area (Å²) in [7, 11) is 1.63. The normalized spacial score (nSPS) is 10.8. The molecule has 3 aromatic rings. The molecular weight excluding hydrogens is 364 g/mol. The van der Waals surface area contributed by atoms with E-state index in [1.54, 1.807) is 20.1 Å². The molecule has 0 unspecified atom stereocenters. The second kappa shape index (κ2) is 8.22. The average molecular weight is 384 g/mol. The lowest BCUT2D eigenvalue weighted by Crippen LogP contribution is -2.01. The highest BCUT2D eigenvalue weighted by Gasteiger charge is 2.18. The van der Waals surface area contributed by atoms with Crippen LogP contribution in [-0.2, 0) is 12.3 Å². The minimum absolute atomic E-state index is 0.139. The van der Waals surface area contributed by atoms with Crippen LogP contribution in [0.3, 0.4) is 0 Å². The summed E-state index contributed by atoms with van der Waals surface area (Å²) in [5.41, 5.74) is 2.62. The third-order valence-electron chi connectivity index (χ3n) is 4.35. The number of aromatic nitrogens is 3. The van der Waals surface area contributed by atoms with E-state index >= 15 is 0 Å². The summed E-state index contributed by atoms with van der Waals surface area (Å²) in [6.45, 7) is 4.51. The van der Waals surface area contributed by atoms with Gasteiger partial charge in [0.05, 0.1) is 17.6 Å². The molecule has 0 spiro atoms. The predicted octanol–water partition coefficient (Wildman–Crippen LogP) is 4.48. The maximum atomic E-state index is 11.1. The van der Waals surface area contributed by atoms with Crippen molar-refractivity contribution >= 4 is 17.4 Å². The van der Waals surface area contributed by atoms with E-state index in [2.05, 4.69) is 10.2 Å².